The van der Waals surface area contributed by atoms with Crippen LogP contribution in [-0.2, 0) is 9.53 Å². The largest absolute Gasteiger partial charge is 0.372 e. The van der Waals surface area contributed by atoms with E-state index in [1.807, 2.05) is 25.7 Å². The van der Waals surface area contributed by atoms with Crippen LogP contribution < -0.4 is 0 Å². The zero-order valence-corrected chi connectivity index (χ0v) is 14.0. The van der Waals surface area contributed by atoms with Crippen molar-refractivity contribution in [1.29, 1.82) is 0 Å². The third-order valence-corrected chi connectivity index (χ3v) is 4.72. The molecule has 0 bridgehead atoms. The third kappa shape index (κ3) is 4.66. The number of amides is 1. The summed E-state index contributed by atoms with van der Waals surface area (Å²) in [7, 11) is 2.06. The van der Waals surface area contributed by atoms with Gasteiger partial charge in [-0.1, -0.05) is 0 Å². The van der Waals surface area contributed by atoms with E-state index in [0.717, 1.165) is 13.1 Å². The van der Waals surface area contributed by atoms with E-state index in [4.69, 9.17) is 4.74 Å². The molecule has 2 heterocycles. The molecule has 0 N–H and O–H groups in total. The molecule has 1 amide bonds. The van der Waals surface area contributed by atoms with Crippen molar-refractivity contribution in [2.75, 3.05) is 46.3 Å². The average molecular weight is 297 g/mol. The van der Waals surface area contributed by atoms with E-state index in [2.05, 4.69) is 16.8 Å². The molecular formula is C16H31N3O2. The number of hydrogen-bond donors (Lipinski definition) is 0. The average Bonchev–Trinajstić information content (AvgIpc) is 2.95. The van der Waals surface area contributed by atoms with Gasteiger partial charge in [-0.2, -0.15) is 0 Å². The number of likely N-dealkylation sites (tertiary alicyclic amines) is 1. The lowest BCUT2D eigenvalue weighted by Gasteiger charge is -2.38. The summed E-state index contributed by atoms with van der Waals surface area (Å²) < 4.78 is 5.71. The molecule has 3 atom stereocenters. The number of ether oxygens (including phenoxy) is 1. The second-order valence-electron chi connectivity index (χ2n) is 6.71. The number of carbonyl (C=O) groups excluding carboxylic acids is 1. The Kier molecular flexibility index (Phi) is 6.02. The molecule has 0 aromatic rings. The summed E-state index contributed by atoms with van der Waals surface area (Å²) in [6.45, 7) is 12.0. The molecule has 0 radical (unpaired) electrons. The van der Waals surface area contributed by atoms with Crippen LogP contribution in [-0.4, -0.2) is 85.2 Å². The van der Waals surface area contributed by atoms with Gasteiger partial charge in [0, 0.05) is 26.2 Å². The Balaban J connectivity index is 1.79. The van der Waals surface area contributed by atoms with Crippen LogP contribution in [0, 0.1) is 0 Å². The highest BCUT2D eigenvalue weighted by Gasteiger charge is 2.30. The van der Waals surface area contributed by atoms with Gasteiger partial charge in [0.2, 0.25) is 5.91 Å². The first-order chi connectivity index (χ1) is 9.97. The molecule has 0 aromatic heterocycles. The molecule has 5 heteroatoms. The lowest BCUT2D eigenvalue weighted by molar-refractivity contribution is -0.147. The minimum Gasteiger partial charge on any atom is -0.372 e. The summed E-state index contributed by atoms with van der Waals surface area (Å²) in [6.07, 6.45) is 2.92. The molecular weight excluding hydrogens is 266 g/mol. The number of nitrogens with zero attached hydrogens (tertiary/aromatic N) is 3. The van der Waals surface area contributed by atoms with Gasteiger partial charge in [-0.25, -0.2) is 0 Å². The molecule has 0 saturated carbocycles. The Labute approximate surface area is 129 Å². The van der Waals surface area contributed by atoms with Gasteiger partial charge in [-0.3, -0.25) is 9.69 Å². The Morgan fingerprint density at radius 2 is 1.81 bits per heavy atom. The minimum absolute atomic E-state index is 0.0508. The first-order valence-corrected chi connectivity index (χ1v) is 8.34. The summed E-state index contributed by atoms with van der Waals surface area (Å²) in [5, 5.41) is 0. The Bertz CT molecular complexity index is 334. The lowest BCUT2D eigenvalue weighted by atomic mass is 10.2. The molecule has 2 aliphatic rings. The van der Waals surface area contributed by atoms with Crippen molar-refractivity contribution in [3.8, 4) is 0 Å². The van der Waals surface area contributed by atoms with E-state index in [0.29, 0.717) is 13.1 Å². The van der Waals surface area contributed by atoms with Crippen LogP contribution in [0.5, 0.6) is 0 Å². The van der Waals surface area contributed by atoms with Crippen molar-refractivity contribution in [3.63, 3.8) is 0 Å². The van der Waals surface area contributed by atoms with Gasteiger partial charge in [-0.05, 0) is 53.8 Å². The van der Waals surface area contributed by atoms with Crippen LogP contribution in [0.25, 0.3) is 0 Å². The zero-order chi connectivity index (χ0) is 15.4. The smallest absolute Gasteiger partial charge is 0.239 e. The molecule has 0 aliphatic carbocycles. The van der Waals surface area contributed by atoms with Crippen molar-refractivity contribution in [1.82, 2.24) is 14.7 Å². The molecule has 2 saturated heterocycles. The van der Waals surface area contributed by atoms with Crippen LogP contribution >= 0.6 is 0 Å². The van der Waals surface area contributed by atoms with Crippen molar-refractivity contribution >= 4 is 5.91 Å². The molecule has 3 unspecified atom stereocenters. The highest BCUT2D eigenvalue weighted by molar-refractivity contribution is 5.81. The standard InChI is InChI=1S/C16H31N3O2/c1-13-11-19(12-14(2)21-13)16(20)15(3)17(4)9-10-18-7-5-6-8-18/h13-15H,5-12H2,1-4H3. The third-order valence-electron chi connectivity index (χ3n) is 4.72. The summed E-state index contributed by atoms with van der Waals surface area (Å²) in [5.41, 5.74) is 0. The summed E-state index contributed by atoms with van der Waals surface area (Å²) in [5.74, 6) is 0.237. The molecule has 122 valence electrons. The van der Waals surface area contributed by atoms with Crippen molar-refractivity contribution in [2.24, 2.45) is 0 Å². The predicted octanol–water partition coefficient (Wildman–Crippen LogP) is 1.04. The SMILES string of the molecule is CC1CN(C(=O)C(C)N(C)CCN2CCCC2)CC(C)O1. The van der Waals surface area contributed by atoms with E-state index in [1.54, 1.807) is 0 Å². The van der Waals surface area contributed by atoms with Gasteiger partial charge in [0.1, 0.15) is 0 Å². The van der Waals surface area contributed by atoms with Crippen LogP contribution in [0.15, 0.2) is 0 Å². The highest BCUT2D eigenvalue weighted by Crippen LogP contribution is 2.13. The maximum atomic E-state index is 12.6. The van der Waals surface area contributed by atoms with Crippen LogP contribution in [0.3, 0.4) is 0 Å². The summed E-state index contributed by atoms with van der Waals surface area (Å²) in [4.78, 5) is 19.3. The minimum atomic E-state index is -0.0508. The lowest BCUT2D eigenvalue weighted by Crippen LogP contribution is -2.54. The van der Waals surface area contributed by atoms with Crippen molar-refractivity contribution in [3.05, 3.63) is 0 Å². The van der Waals surface area contributed by atoms with Crippen molar-refractivity contribution in [2.45, 2.75) is 51.9 Å². The first kappa shape index (κ1) is 16.7. The zero-order valence-electron chi connectivity index (χ0n) is 14.0. The monoisotopic (exact) mass is 297 g/mol. The van der Waals surface area contributed by atoms with Crippen molar-refractivity contribution < 1.29 is 9.53 Å². The molecule has 0 aromatic carbocycles. The van der Waals surface area contributed by atoms with E-state index >= 15 is 0 Å². The number of carbonyl (C=O) groups is 1. The quantitative estimate of drug-likeness (QED) is 0.760. The highest BCUT2D eigenvalue weighted by atomic mass is 16.5. The molecule has 21 heavy (non-hydrogen) atoms. The summed E-state index contributed by atoms with van der Waals surface area (Å²) in [6, 6.07) is -0.0508. The molecule has 0 spiro atoms. The van der Waals surface area contributed by atoms with Gasteiger partial charge in [-0.15, -0.1) is 0 Å². The second-order valence-corrected chi connectivity index (χ2v) is 6.71. The van der Waals surface area contributed by atoms with E-state index in [9.17, 15) is 4.79 Å². The van der Waals surface area contributed by atoms with Gasteiger partial charge in [0.25, 0.3) is 0 Å². The van der Waals surface area contributed by atoms with Crippen LogP contribution in [0.2, 0.25) is 0 Å². The van der Waals surface area contributed by atoms with E-state index in [1.165, 1.54) is 25.9 Å². The second kappa shape index (κ2) is 7.56. The number of morpholine rings is 1. The molecule has 2 aliphatic heterocycles. The van der Waals surface area contributed by atoms with Crippen LogP contribution in [0.1, 0.15) is 33.6 Å². The maximum Gasteiger partial charge on any atom is 0.239 e. The predicted molar refractivity (Wildman–Crippen MR) is 84.4 cm³/mol. The number of likely N-dealkylation sites (N-methyl/N-ethyl adjacent to an activating group) is 1. The van der Waals surface area contributed by atoms with E-state index in [-0.39, 0.29) is 24.2 Å². The fraction of sp³-hybridized carbons (Fsp3) is 0.938. The topological polar surface area (TPSA) is 36.0 Å². The van der Waals surface area contributed by atoms with Crippen LogP contribution in [0.4, 0.5) is 0 Å². The molecule has 2 rings (SSSR count). The normalized spacial score (nSPS) is 29.1. The summed E-state index contributed by atoms with van der Waals surface area (Å²) >= 11 is 0. The van der Waals surface area contributed by atoms with Gasteiger partial charge < -0.3 is 14.5 Å². The van der Waals surface area contributed by atoms with Gasteiger partial charge in [0.15, 0.2) is 0 Å². The number of rotatable bonds is 5. The maximum absolute atomic E-state index is 12.6. The fourth-order valence-corrected chi connectivity index (χ4v) is 3.31. The first-order valence-electron chi connectivity index (χ1n) is 8.34. The van der Waals surface area contributed by atoms with Gasteiger partial charge >= 0.3 is 0 Å². The van der Waals surface area contributed by atoms with E-state index < -0.39 is 0 Å². The molecule has 5 nitrogen and oxygen atoms in total. The Hall–Kier alpha value is -0.650. The number of hydrogen-bond acceptors (Lipinski definition) is 4. The molecule has 2 fully saturated rings. The Morgan fingerprint density at radius 3 is 2.38 bits per heavy atom. The van der Waals surface area contributed by atoms with Gasteiger partial charge in [0.05, 0.1) is 18.2 Å². The fourth-order valence-electron chi connectivity index (χ4n) is 3.31. The Morgan fingerprint density at radius 1 is 1.24 bits per heavy atom.